The summed E-state index contributed by atoms with van der Waals surface area (Å²) in [5.74, 6) is 0.832. The van der Waals surface area contributed by atoms with Crippen molar-refractivity contribution in [3.63, 3.8) is 0 Å². The largest absolute Gasteiger partial charge is 0.462 e. The molecule has 1 aromatic rings. The number of esters is 1. The lowest BCUT2D eigenvalue weighted by atomic mass is 10.0. The van der Waals surface area contributed by atoms with Gasteiger partial charge in [0, 0.05) is 40.1 Å². The van der Waals surface area contributed by atoms with E-state index in [0.717, 1.165) is 0 Å². The fourth-order valence-electron chi connectivity index (χ4n) is 2.90. The molecule has 0 radical (unpaired) electrons. The van der Waals surface area contributed by atoms with Gasteiger partial charge in [-0.3, -0.25) is 9.00 Å². The topological polar surface area (TPSA) is 65.4 Å². The van der Waals surface area contributed by atoms with Gasteiger partial charge in [0.1, 0.15) is 0 Å². The van der Waals surface area contributed by atoms with Gasteiger partial charge in [0.2, 0.25) is 0 Å². The first-order chi connectivity index (χ1) is 9.95. The summed E-state index contributed by atoms with van der Waals surface area (Å²) in [6.45, 7) is 5.60. The lowest BCUT2D eigenvalue weighted by Gasteiger charge is -2.27. The van der Waals surface area contributed by atoms with Gasteiger partial charge < -0.3 is 9.30 Å². The summed E-state index contributed by atoms with van der Waals surface area (Å²) in [7, 11) is -0.776. The molecule has 116 valence electrons. The highest BCUT2D eigenvalue weighted by molar-refractivity contribution is 7.85. The molecule has 1 fully saturated rings. The highest BCUT2D eigenvalue weighted by Crippen LogP contribution is 2.24. The third kappa shape index (κ3) is 3.26. The van der Waals surface area contributed by atoms with E-state index in [9.17, 15) is 13.8 Å². The van der Waals surface area contributed by atoms with Gasteiger partial charge in [-0.25, -0.2) is 4.79 Å². The van der Waals surface area contributed by atoms with E-state index in [-0.39, 0.29) is 17.6 Å². The molecule has 0 unspecified atom stereocenters. The molecule has 1 saturated heterocycles. The van der Waals surface area contributed by atoms with Gasteiger partial charge in [-0.05, 0) is 39.2 Å². The maximum absolute atomic E-state index is 12.3. The lowest BCUT2D eigenvalue weighted by Crippen LogP contribution is -2.33. The van der Waals surface area contributed by atoms with Crippen LogP contribution in [0.3, 0.4) is 0 Å². The first-order valence-electron chi connectivity index (χ1n) is 7.20. The minimum atomic E-state index is -0.776. The van der Waals surface area contributed by atoms with Crippen LogP contribution in [0.4, 0.5) is 0 Å². The molecular formula is C15H21NO4S. The number of rotatable bonds is 3. The Labute approximate surface area is 126 Å². The molecule has 6 heteroatoms. The van der Waals surface area contributed by atoms with Crippen LogP contribution in [0.2, 0.25) is 0 Å². The molecule has 0 bridgehead atoms. The van der Waals surface area contributed by atoms with Gasteiger partial charge >= 0.3 is 5.97 Å². The molecule has 5 nitrogen and oxygen atoms in total. The van der Waals surface area contributed by atoms with Gasteiger partial charge in [0.15, 0.2) is 0 Å². The van der Waals surface area contributed by atoms with Crippen molar-refractivity contribution in [3.8, 4) is 0 Å². The van der Waals surface area contributed by atoms with E-state index in [4.69, 9.17) is 4.74 Å². The maximum atomic E-state index is 12.3. The van der Waals surface area contributed by atoms with Crippen LogP contribution in [-0.4, -0.2) is 32.9 Å². The molecule has 0 N–H and O–H groups in total. The number of aryl methyl sites for hydroxylation is 1. The summed E-state index contributed by atoms with van der Waals surface area (Å²) in [4.78, 5) is 24.4. The fraction of sp³-hybridized carbons (Fsp3) is 0.600. The van der Waals surface area contributed by atoms with Crippen molar-refractivity contribution in [2.75, 3.05) is 18.1 Å². The Morgan fingerprint density at radius 1 is 1.38 bits per heavy atom. The molecule has 2 rings (SSSR count). The summed E-state index contributed by atoms with van der Waals surface area (Å²) >= 11 is 0. The highest BCUT2D eigenvalue weighted by atomic mass is 32.2. The Bertz CT molecular complexity index is 625. The van der Waals surface area contributed by atoms with Crippen molar-refractivity contribution in [2.45, 2.75) is 39.7 Å². The number of pyridine rings is 1. The van der Waals surface area contributed by atoms with Crippen LogP contribution >= 0.6 is 0 Å². The van der Waals surface area contributed by atoms with Gasteiger partial charge in [0.25, 0.3) is 5.56 Å². The minimum Gasteiger partial charge on any atom is -0.462 e. The molecule has 0 aromatic carbocycles. The third-order valence-corrected chi connectivity index (χ3v) is 5.28. The molecule has 1 aliphatic rings. The van der Waals surface area contributed by atoms with Crippen molar-refractivity contribution in [1.29, 1.82) is 0 Å². The van der Waals surface area contributed by atoms with Crippen LogP contribution in [0.1, 0.15) is 47.4 Å². The predicted octanol–water partition coefficient (Wildman–Crippen LogP) is 1.73. The van der Waals surface area contributed by atoms with E-state index < -0.39 is 10.8 Å². The second kappa shape index (κ2) is 6.56. The Balaban J connectivity index is 2.46. The van der Waals surface area contributed by atoms with Crippen LogP contribution in [0.25, 0.3) is 0 Å². The molecule has 0 aliphatic carbocycles. The van der Waals surface area contributed by atoms with Crippen molar-refractivity contribution in [1.82, 2.24) is 4.57 Å². The monoisotopic (exact) mass is 311 g/mol. The standard InChI is InChI=1S/C15H21NO4S/c1-4-20-15(18)14-10(2)9-13(17)16(11(14)3)12-5-7-21(19)8-6-12/h9,12H,4-8H2,1-3H3. The molecule has 0 atom stereocenters. The van der Waals surface area contributed by atoms with E-state index in [1.807, 2.05) is 0 Å². The Kier molecular flexibility index (Phi) is 4.98. The number of hydrogen-bond donors (Lipinski definition) is 0. The number of nitrogens with zero attached hydrogens (tertiary/aromatic N) is 1. The van der Waals surface area contributed by atoms with Crippen molar-refractivity contribution in [3.05, 3.63) is 33.2 Å². The number of carbonyl (C=O) groups excluding carboxylic acids is 1. The average molecular weight is 311 g/mol. The Morgan fingerprint density at radius 3 is 2.57 bits per heavy atom. The van der Waals surface area contributed by atoms with E-state index in [0.29, 0.717) is 47.8 Å². The number of ether oxygens (including phenoxy) is 1. The maximum Gasteiger partial charge on any atom is 0.340 e. The van der Waals surface area contributed by atoms with Crippen LogP contribution in [-0.2, 0) is 15.5 Å². The predicted molar refractivity (Wildman–Crippen MR) is 82.3 cm³/mol. The second-order valence-electron chi connectivity index (χ2n) is 5.30. The van der Waals surface area contributed by atoms with Gasteiger partial charge in [-0.2, -0.15) is 0 Å². The fourth-order valence-corrected chi connectivity index (χ4v) is 4.18. The van der Waals surface area contributed by atoms with Gasteiger partial charge in [-0.15, -0.1) is 0 Å². The van der Waals surface area contributed by atoms with Gasteiger partial charge in [-0.1, -0.05) is 0 Å². The molecule has 21 heavy (non-hydrogen) atoms. The average Bonchev–Trinajstić information content (AvgIpc) is 2.40. The Morgan fingerprint density at radius 2 is 2.00 bits per heavy atom. The summed E-state index contributed by atoms with van der Waals surface area (Å²) < 4.78 is 18.2. The van der Waals surface area contributed by atoms with Crippen LogP contribution in [0.5, 0.6) is 0 Å². The molecule has 0 amide bonds. The first kappa shape index (κ1) is 15.9. The van der Waals surface area contributed by atoms with Crippen LogP contribution in [0.15, 0.2) is 10.9 Å². The zero-order chi connectivity index (χ0) is 15.6. The molecule has 1 aliphatic heterocycles. The smallest absolute Gasteiger partial charge is 0.340 e. The molecule has 0 saturated carbocycles. The zero-order valence-corrected chi connectivity index (χ0v) is 13.5. The van der Waals surface area contributed by atoms with Crippen molar-refractivity contribution < 1.29 is 13.7 Å². The minimum absolute atomic E-state index is 0.0176. The summed E-state index contributed by atoms with van der Waals surface area (Å²) in [5, 5.41) is 0. The summed E-state index contributed by atoms with van der Waals surface area (Å²) in [6.07, 6.45) is 1.41. The van der Waals surface area contributed by atoms with Crippen LogP contribution < -0.4 is 5.56 Å². The Hall–Kier alpha value is -1.43. The van der Waals surface area contributed by atoms with Crippen molar-refractivity contribution in [2.24, 2.45) is 0 Å². The second-order valence-corrected chi connectivity index (χ2v) is 6.99. The summed E-state index contributed by atoms with van der Waals surface area (Å²) in [6, 6.07) is 1.51. The highest BCUT2D eigenvalue weighted by Gasteiger charge is 2.25. The first-order valence-corrected chi connectivity index (χ1v) is 8.69. The van der Waals surface area contributed by atoms with E-state index in [1.54, 1.807) is 25.3 Å². The SMILES string of the molecule is CCOC(=O)c1c(C)cc(=O)n(C2CCS(=O)CC2)c1C. The van der Waals surface area contributed by atoms with E-state index >= 15 is 0 Å². The quantitative estimate of drug-likeness (QED) is 0.797. The lowest BCUT2D eigenvalue weighted by molar-refractivity contribution is 0.0523. The van der Waals surface area contributed by atoms with E-state index in [2.05, 4.69) is 0 Å². The molecule has 0 spiro atoms. The number of carbonyl (C=O) groups is 1. The number of aromatic nitrogens is 1. The third-order valence-electron chi connectivity index (χ3n) is 3.90. The number of hydrogen-bond acceptors (Lipinski definition) is 4. The normalized spacial score (nSPS) is 22.0. The van der Waals surface area contributed by atoms with Gasteiger partial charge in [0.05, 0.1) is 12.2 Å². The molecule has 2 heterocycles. The van der Waals surface area contributed by atoms with E-state index in [1.165, 1.54) is 6.07 Å². The molecular weight excluding hydrogens is 290 g/mol. The van der Waals surface area contributed by atoms with Crippen LogP contribution in [0, 0.1) is 13.8 Å². The summed E-state index contributed by atoms with van der Waals surface area (Å²) in [5.41, 5.74) is 1.67. The zero-order valence-electron chi connectivity index (χ0n) is 12.7. The van der Waals surface area contributed by atoms with Crippen molar-refractivity contribution >= 4 is 16.8 Å². The molecule has 1 aromatic heterocycles.